The lowest BCUT2D eigenvalue weighted by Gasteiger charge is -2.28. The van der Waals surface area contributed by atoms with E-state index < -0.39 is 0 Å². The molecule has 106 valence electrons. The van der Waals surface area contributed by atoms with Crippen molar-refractivity contribution in [3.63, 3.8) is 0 Å². The van der Waals surface area contributed by atoms with Crippen molar-refractivity contribution in [2.75, 3.05) is 20.6 Å². The van der Waals surface area contributed by atoms with E-state index in [2.05, 4.69) is 24.0 Å². The predicted molar refractivity (Wildman–Crippen MR) is 79.9 cm³/mol. The number of rotatable bonds is 7. The normalized spacial score (nSPS) is 12.5. The first-order chi connectivity index (χ1) is 9.06. The zero-order valence-electron chi connectivity index (χ0n) is 12.6. The lowest BCUT2D eigenvalue weighted by atomic mass is 10.2. The Balaban J connectivity index is 2.51. The molecule has 1 aromatic carbocycles. The molecule has 0 aliphatic heterocycles. The maximum absolute atomic E-state index is 12.3. The zero-order valence-corrected chi connectivity index (χ0v) is 12.6. The van der Waals surface area contributed by atoms with Crippen molar-refractivity contribution < 1.29 is 4.79 Å². The maximum atomic E-state index is 12.3. The molecular weight excluding hydrogens is 236 g/mol. The highest BCUT2D eigenvalue weighted by atomic mass is 16.2. The summed E-state index contributed by atoms with van der Waals surface area (Å²) >= 11 is 0. The van der Waals surface area contributed by atoms with E-state index >= 15 is 0 Å². The fourth-order valence-electron chi connectivity index (χ4n) is 2.04. The first-order valence-electron chi connectivity index (χ1n) is 7.05. The van der Waals surface area contributed by atoms with Gasteiger partial charge < -0.3 is 4.90 Å². The molecule has 1 aromatic rings. The second-order valence-electron chi connectivity index (χ2n) is 5.19. The summed E-state index contributed by atoms with van der Waals surface area (Å²) in [7, 11) is 3.90. The summed E-state index contributed by atoms with van der Waals surface area (Å²) in [6, 6.07) is 10.0. The molecule has 0 saturated heterocycles. The SMILES string of the molecule is CCCCN(C)C(C)C(=O)N(C)Cc1ccccc1. The molecule has 1 amide bonds. The molecule has 0 saturated carbocycles. The minimum Gasteiger partial charge on any atom is -0.340 e. The second-order valence-corrected chi connectivity index (χ2v) is 5.19. The number of unbranched alkanes of at least 4 members (excludes halogenated alkanes) is 1. The van der Waals surface area contributed by atoms with Crippen LogP contribution in [0.15, 0.2) is 30.3 Å². The van der Waals surface area contributed by atoms with E-state index in [1.54, 1.807) is 0 Å². The van der Waals surface area contributed by atoms with Gasteiger partial charge in [0, 0.05) is 13.6 Å². The summed E-state index contributed by atoms with van der Waals surface area (Å²) in [6.45, 7) is 5.80. The third kappa shape index (κ3) is 5.03. The smallest absolute Gasteiger partial charge is 0.239 e. The van der Waals surface area contributed by atoms with Gasteiger partial charge in [0.05, 0.1) is 6.04 Å². The molecular formula is C16H26N2O. The topological polar surface area (TPSA) is 23.6 Å². The quantitative estimate of drug-likeness (QED) is 0.754. The van der Waals surface area contributed by atoms with Gasteiger partial charge in [-0.1, -0.05) is 43.7 Å². The number of likely N-dealkylation sites (N-methyl/N-ethyl adjacent to an activating group) is 2. The summed E-state index contributed by atoms with van der Waals surface area (Å²) in [5, 5.41) is 0. The van der Waals surface area contributed by atoms with Gasteiger partial charge in [0.1, 0.15) is 0 Å². The van der Waals surface area contributed by atoms with E-state index in [4.69, 9.17) is 0 Å². The molecule has 1 rings (SSSR count). The standard InChI is InChI=1S/C16H26N2O/c1-5-6-12-17(3)14(2)16(19)18(4)13-15-10-8-7-9-11-15/h7-11,14H,5-6,12-13H2,1-4H3. The van der Waals surface area contributed by atoms with Crippen LogP contribution in [0.5, 0.6) is 0 Å². The minimum atomic E-state index is -0.0553. The number of amides is 1. The predicted octanol–water partition coefficient (Wildman–Crippen LogP) is 2.77. The number of benzene rings is 1. The highest BCUT2D eigenvalue weighted by Crippen LogP contribution is 2.07. The molecule has 0 radical (unpaired) electrons. The average Bonchev–Trinajstić information content (AvgIpc) is 2.44. The number of hydrogen-bond donors (Lipinski definition) is 0. The Kier molecular flexibility index (Phi) is 6.57. The average molecular weight is 262 g/mol. The summed E-state index contributed by atoms with van der Waals surface area (Å²) in [5.41, 5.74) is 1.17. The Bertz CT molecular complexity index is 378. The lowest BCUT2D eigenvalue weighted by molar-refractivity contribution is -0.135. The Hall–Kier alpha value is -1.35. The van der Waals surface area contributed by atoms with Crippen molar-refractivity contribution in [1.82, 2.24) is 9.80 Å². The van der Waals surface area contributed by atoms with Crippen LogP contribution in [0.3, 0.4) is 0 Å². The molecule has 0 spiro atoms. The van der Waals surface area contributed by atoms with Crippen molar-refractivity contribution in [3.8, 4) is 0 Å². The summed E-state index contributed by atoms with van der Waals surface area (Å²) in [6.07, 6.45) is 2.29. The van der Waals surface area contributed by atoms with E-state index in [9.17, 15) is 4.79 Å². The Morgan fingerprint density at radius 2 is 1.84 bits per heavy atom. The van der Waals surface area contributed by atoms with Crippen molar-refractivity contribution in [2.45, 2.75) is 39.3 Å². The van der Waals surface area contributed by atoms with Crippen molar-refractivity contribution in [2.24, 2.45) is 0 Å². The van der Waals surface area contributed by atoms with Crippen LogP contribution < -0.4 is 0 Å². The van der Waals surface area contributed by atoms with Crippen LogP contribution in [-0.2, 0) is 11.3 Å². The summed E-state index contributed by atoms with van der Waals surface area (Å²) in [4.78, 5) is 16.3. The first kappa shape index (κ1) is 15.7. The Morgan fingerprint density at radius 3 is 2.42 bits per heavy atom. The molecule has 1 atom stereocenters. The monoisotopic (exact) mass is 262 g/mol. The zero-order chi connectivity index (χ0) is 14.3. The molecule has 0 aliphatic rings. The molecule has 1 unspecified atom stereocenters. The van der Waals surface area contributed by atoms with Gasteiger partial charge in [0.15, 0.2) is 0 Å². The fourth-order valence-corrected chi connectivity index (χ4v) is 2.04. The largest absolute Gasteiger partial charge is 0.340 e. The number of hydrogen-bond acceptors (Lipinski definition) is 2. The number of carbonyl (C=O) groups is 1. The number of nitrogens with zero attached hydrogens (tertiary/aromatic N) is 2. The molecule has 19 heavy (non-hydrogen) atoms. The van der Waals surface area contributed by atoms with E-state index in [0.717, 1.165) is 19.4 Å². The van der Waals surface area contributed by atoms with Gasteiger partial charge in [0.2, 0.25) is 5.91 Å². The van der Waals surface area contributed by atoms with Crippen LogP contribution in [-0.4, -0.2) is 42.4 Å². The fraction of sp³-hybridized carbons (Fsp3) is 0.562. The maximum Gasteiger partial charge on any atom is 0.239 e. The van der Waals surface area contributed by atoms with Crippen LogP contribution in [0.4, 0.5) is 0 Å². The molecule has 0 fully saturated rings. The lowest BCUT2D eigenvalue weighted by Crippen LogP contribution is -2.44. The van der Waals surface area contributed by atoms with Crippen LogP contribution in [0.2, 0.25) is 0 Å². The summed E-state index contributed by atoms with van der Waals surface area (Å²) in [5.74, 6) is 0.183. The van der Waals surface area contributed by atoms with Crippen molar-refractivity contribution in [3.05, 3.63) is 35.9 Å². The Labute approximate surface area is 117 Å². The van der Waals surface area contributed by atoms with E-state index in [1.807, 2.05) is 44.1 Å². The molecule has 3 heteroatoms. The highest BCUT2D eigenvalue weighted by Gasteiger charge is 2.21. The van der Waals surface area contributed by atoms with E-state index in [1.165, 1.54) is 5.56 Å². The molecule has 0 N–H and O–H groups in total. The van der Waals surface area contributed by atoms with Crippen LogP contribution >= 0.6 is 0 Å². The molecule has 0 bridgehead atoms. The van der Waals surface area contributed by atoms with Gasteiger partial charge in [-0.05, 0) is 32.5 Å². The Morgan fingerprint density at radius 1 is 1.21 bits per heavy atom. The molecule has 0 aromatic heterocycles. The van der Waals surface area contributed by atoms with E-state index in [0.29, 0.717) is 6.54 Å². The summed E-state index contributed by atoms with van der Waals surface area (Å²) < 4.78 is 0. The van der Waals surface area contributed by atoms with Crippen molar-refractivity contribution >= 4 is 5.91 Å². The molecule has 0 heterocycles. The van der Waals surface area contributed by atoms with Gasteiger partial charge >= 0.3 is 0 Å². The van der Waals surface area contributed by atoms with Crippen LogP contribution in [0, 0.1) is 0 Å². The van der Waals surface area contributed by atoms with Crippen LogP contribution in [0.25, 0.3) is 0 Å². The molecule has 3 nitrogen and oxygen atoms in total. The van der Waals surface area contributed by atoms with Crippen molar-refractivity contribution in [1.29, 1.82) is 0 Å². The minimum absolute atomic E-state index is 0.0553. The third-order valence-corrected chi connectivity index (χ3v) is 3.52. The molecule has 0 aliphatic carbocycles. The van der Waals surface area contributed by atoms with Gasteiger partial charge in [-0.3, -0.25) is 9.69 Å². The van der Waals surface area contributed by atoms with Crippen LogP contribution in [0.1, 0.15) is 32.3 Å². The number of carbonyl (C=O) groups excluding carboxylic acids is 1. The van der Waals surface area contributed by atoms with Gasteiger partial charge in [0.25, 0.3) is 0 Å². The van der Waals surface area contributed by atoms with Gasteiger partial charge in [-0.15, -0.1) is 0 Å². The third-order valence-electron chi connectivity index (χ3n) is 3.52. The van der Waals surface area contributed by atoms with Gasteiger partial charge in [-0.2, -0.15) is 0 Å². The first-order valence-corrected chi connectivity index (χ1v) is 7.05. The van der Waals surface area contributed by atoms with Gasteiger partial charge in [-0.25, -0.2) is 0 Å². The second kappa shape index (κ2) is 7.95. The highest BCUT2D eigenvalue weighted by molar-refractivity contribution is 5.81. The van der Waals surface area contributed by atoms with E-state index in [-0.39, 0.29) is 11.9 Å².